The molecule has 2 nitrogen and oxygen atoms in total. The van der Waals surface area contributed by atoms with Crippen LogP contribution in [0.25, 0.3) is 0 Å². The lowest BCUT2D eigenvalue weighted by molar-refractivity contribution is 0.374. The van der Waals surface area contributed by atoms with Gasteiger partial charge in [0.25, 0.3) is 0 Å². The van der Waals surface area contributed by atoms with Crippen LogP contribution in [0, 0.1) is 11.6 Å². The fourth-order valence-corrected chi connectivity index (χ4v) is 1.99. The molecule has 16 heavy (non-hydrogen) atoms. The number of halogens is 3. The molecule has 1 fully saturated rings. The van der Waals surface area contributed by atoms with Crippen LogP contribution >= 0.6 is 15.9 Å². The number of benzene rings is 1. The molecule has 0 bridgehead atoms. The van der Waals surface area contributed by atoms with Crippen LogP contribution < -0.4 is 10.5 Å². The molecule has 0 spiro atoms. The second kappa shape index (κ2) is 3.96. The molecule has 1 aromatic carbocycles. The Bertz CT molecular complexity index is 432. The van der Waals surface area contributed by atoms with Crippen molar-refractivity contribution in [2.24, 2.45) is 5.73 Å². The van der Waals surface area contributed by atoms with Gasteiger partial charge in [0.05, 0.1) is 11.6 Å². The summed E-state index contributed by atoms with van der Waals surface area (Å²) >= 11 is 2.84. The molecular formula is C11H12BrF2NO. The SMILES string of the molecule is COc1c(CC2(N)CC2)cc(F)c(Br)c1F. The molecule has 88 valence electrons. The second-order valence-electron chi connectivity index (χ2n) is 4.22. The minimum Gasteiger partial charge on any atom is -0.493 e. The van der Waals surface area contributed by atoms with Crippen LogP contribution in [0.5, 0.6) is 5.75 Å². The lowest BCUT2D eigenvalue weighted by atomic mass is 10.0. The third kappa shape index (κ3) is 2.06. The van der Waals surface area contributed by atoms with Gasteiger partial charge in [-0.15, -0.1) is 0 Å². The first-order valence-corrected chi connectivity index (χ1v) is 5.75. The zero-order chi connectivity index (χ0) is 11.9. The van der Waals surface area contributed by atoms with Gasteiger partial charge in [-0.1, -0.05) is 0 Å². The smallest absolute Gasteiger partial charge is 0.182 e. The number of hydrogen-bond donors (Lipinski definition) is 1. The Labute approximate surface area is 101 Å². The van der Waals surface area contributed by atoms with E-state index in [-0.39, 0.29) is 15.8 Å². The Morgan fingerprint density at radius 3 is 2.62 bits per heavy atom. The average Bonchev–Trinajstić information content (AvgIpc) is 2.93. The van der Waals surface area contributed by atoms with Gasteiger partial charge in [0.2, 0.25) is 0 Å². The molecule has 1 aliphatic rings. The topological polar surface area (TPSA) is 35.2 Å². The van der Waals surface area contributed by atoms with E-state index in [4.69, 9.17) is 10.5 Å². The summed E-state index contributed by atoms with van der Waals surface area (Å²) in [6.07, 6.45) is 2.21. The van der Waals surface area contributed by atoms with Gasteiger partial charge in [-0.05, 0) is 41.3 Å². The highest BCUT2D eigenvalue weighted by atomic mass is 79.9. The molecule has 0 aromatic heterocycles. The predicted octanol–water partition coefficient (Wildman–Crippen LogP) is 2.77. The summed E-state index contributed by atoms with van der Waals surface area (Å²) in [6.45, 7) is 0. The van der Waals surface area contributed by atoms with E-state index in [1.54, 1.807) is 0 Å². The number of rotatable bonds is 3. The largest absolute Gasteiger partial charge is 0.493 e. The Kier molecular flexibility index (Phi) is 2.92. The average molecular weight is 292 g/mol. The van der Waals surface area contributed by atoms with Crippen molar-refractivity contribution in [3.63, 3.8) is 0 Å². The zero-order valence-electron chi connectivity index (χ0n) is 8.82. The Hall–Kier alpha value is -0.680. The fourth-order valence-electron chi connectivity index (χ4n) is 1.70. The maximum absolute atomic E-state index is 13.7. The summed E-state index contributed by atoms with van der Waals surface area (Å²) < 4.78 is 31.8. The highest BCUT2D eigenvalue weighted by Gasteiger charge is 2.39. The van der Waals surface area contributed by atoms with E-state index < -0.39 is 11.6 Å². The van der Waals surface area contributed by atoms with Gasteiger partial charge in [0.15, 0.2) is 11.6 Å². The lowest BCUT2D eigenvalue weighted by Gasteiger charge is -2.14. The van der Waals surface area contributed by atoms with Gasteiger partial charge < -0.3 is 10.5 Å². The molecule has 0 aliphatic heterocycles. The van der Waals surface area contributed by atoms with Crippen molar-refractivity contribution >= 4 is 15.9 Å². The first-order valence-electron chi connectivity index (χ1n) is 4.96. The van der Waals surface area contributed by atoms with E-state index in [2.05, 4.69) is 15.9 Å². The molecule has 0 saturated heterocycles. The summed E-state index contributed by atoms with van der Waals surface area (Å²) in [5.74, 6) is -1.26. The monoisotopic (exact) mass is 291 g/mol. The number of methoxy groups -OCH3 is 1. The zero-order valence-corrected chi connectivity index (χ0v) is 10.4. The molecular weight excluding hydrogens is 280 g/mol. The summed E-state index contributed by atoms with van der Waals surface area (Å²) in [5, 5.41) is 0. The van der Waals surface area contributed by atoms with Crippen molar-refractivity contribution < 1.29 is 13.5 Å². The molecule has 1 aliphatic carbocycles. The number of ether oxygens (including phenoxy) is 1. The van der Waals surface area contributed by atoms with E-state index in [9.17, 15) is 8.78 Å². The van der Waals surface area contributed by atoms with Crippen LogP contribution in [0.4, 0.5) is 8.78 Å². The highest BCUT2D eigenvalue weighted by molar-refractivity contribution is 9.10. The van der Waals surface area contributed by atoms with E-state index in [0.29, 0.717) is 12.0 Å². The van der Waals surface area contributed by atoms with Crippen molar-refractivity contribution in [3.05, 3.63) is 27.7 Å². The minimum atomic E-state index is -0.707. The van der Waals surface area contributed by atoms with Crippen molar-refractivity contribution in [2.75, 3.05) is 7.11 Å². The molecule has 0 unspecified atom stereocenters. The van der Waals surface area contributed by atoms with Crippen molar-refractivity contribution in [2.45, 2.75) is 24.8 Å². The standard InChI is InChI=1S/C11H12BrF2NO/c1-16-10-6(5-11(15)2-3-11)4-7(13)8(12)9(10)14/h4H,2-3,5,15H2,1H3. The molecule has 0 radical (unpaired) electrons. The molecule has 0 atom stereocenters. The third-order valence-corrected chi connectivity index (χ3v) is 3.56. The predicted molar refractivity (Wildman–Crippen MR) is 60.5 cm³/mol. The molecule has 0 amide bonds. The van der Waals surface area contributed by atoms with Gasteiger partial charge in [0, 0.05) is 11.1 Å². The molecule has 2 N–H and O–H groups in total. The van der Waals surface area contributed by atoms with Gasteiger partial charge in [-0.25, -0.2) is 8.78 Å². The van der Waals surface area contributed by atoms with Crippen LogP contribution in [0.3, 0.4) is 0 Å². The Morgan fingerprint density at radius 2 is 2.12 bits per heavy atom. The maximum Gasteiger partial charge on any atom is 0.182 e. The van der Waals surface area contributed by atoms with E-state index >= 15 is 0 Å². The summed E-state index contributed by atoms with van der Waals surface area (Å²) in [5.41, 5.74) is 6.11. The summed E-state index contributed by atoms with van der Waals surface area (Å²) in [6, 6.07) is 1.28. The van der Waals surface area contributed by atoms with Crippen molar-refractivity contribution in [1.82, 2.24) is 0 Å². The van der Waals surface area contributed by atoms with Crippen LogP contribution in [-0.4, -0.2) is 12.6 Å². The van der Waals surface area contributed by atoms with Crippen LogP contribution in [-0.2, 0) is 6.42 Å². The van der Waals surface area contributed by atoms with Gasteiger partial charge >= 0.3 is 0 Å². The fraction of sp³-hybridized carbons (Fsp3) is 0.455. The van der Waals surface area contributed by atoms with Crippen LogP contribution in [0.2, 0.25) is 0 Å². The highest BCUT2D eigenvalue weighted by Crippen LogP contribution is 2.40. The first kappa shape index (κ1) is 11.8. The molecule has 2 rings (SSSR count). The molecule has 0 heterocycles. The van der Waals surface area contributed by atoms with Gasteiger partial charge in [0.1, 0.15) is 5.82 Å². The van der Waals surface area contributed by atoms with Crippen molar-refractivity contribution in [1.29, 1.82) is 0 Å². The summed E-state index contributed by atoms with van der Waals surface area (Å²) in [7, 11) is 1.36. The minimum absolute atomic E-state index is 0.0741. The number of hydrogen-bond acceptors (Lipinski definition) is 2. The van der Waals surface area contributed by atoms with E-state index in [0.717, 1.165) is 12.8 Å². The van der Waals surface area contributed by atoms with Crippen LogP contribution in [0.1, 0.15) is 18.4 Å². The molecule has 5 heteroatoms. The maximum atomic E-state index is 13.7. The van der Waals surface area contributed by atoms with E-state index in [1.165, 1.54) is 13.2 Å². The molecule has 1 saturated carbocycles. The molecule has 1 aromatic rings. The van der Waals surface area contributed by atoms with Gasteiger partial charge in [-0.3, -0.25) is 0 Å². The van der Waals surface area contributed by atoms with Gasteiger partial charge in [-0.2, -0.15) is 0 Å². The summed E-state index contributed by atoms with van der Waals surface area (Å²) in [4.78, 5) is 0. The Morgan fingerprint density at radius 1 is 1.50 bits per heavy atom. The second-order valence-corrected chi connectivity index (χ2v) is 5.01. The van der Waals surface area contributed by atoms with Crippen molar-refractivity contribution in [3.8, 4) is 5.75 Å². The normalized spacial score (nSPS) is 17.3. The van der Waals surface area contributed by atoms with Crippen LogP contribution in [0.15, 0.2) is 10.5 Å². The quantitative estimate of drug-likeness (QED) is 0.869. The first-order chi connectivity index (χ1) is 7.47. The third-order valence-electron chi connectivity index (χ3n) is 2.83. The lowest BCUT2D eigenvalue weighted by Crippen LogP contribution is -2.25. The van der Waals surface area contributed by atoms with E-state index in [1.807, 2.05) is 0 Å². The number of nitrogens with two attached hydrogens (primary N) is 1. The Balaban J connectivity index is 2.43.